The Morgan fingerprint density at radius 3 is 2.24 bits per heavy atom. The smallest absolute Gasteiger partial charge is 0.323 e. The Morgan fingerprint density at radius 1 is 1.24 bits per heavy atom. The molecule has 2 unspecified atom stereocenters. The number of carbonyl (C=O) groups is 1. The summed E-state index contributed by atoms with van der Waals surface area (Å²) in [6, 6.07) is 3.05. The summed E-state index contributed by atoms with van der Waals surface area (Å²) in [6.07, 6.45) is 0.400. The molecule has 140 valence electrons. The van der Waals surface area contributed by atoms with Gasteiger partial charge in [-0.1, -0.05) is 20.8 Å². The van der Waals surface area contributed by atoms with Gasteiger partial charge in [0.2, 0.25) is 0 Å². The first-order chi connectivity index (χ1) is 11.7. The van der Waals surface area contributed by atoms with Crippen molar-refractivity contribution in [3.8, 4) is 11.5 Å². The minimum absolute atomic E-state index is 0.0655. The standard InChI is InChI=1S/C19H29NO5/c1-19(2,3)12-9-15(24-4)13(16(10-12)25-5)11-20-8-6-7-14(21)17(20)18(22)23/h9-10,14,17,21H,6-8,11H2,1-5H3,(H,22,23). The molecule has 0 aromatic heterocycles. The lowest BCUT2D eigenvalue weighted by Gasteiger charge is -2.37. The van der Waals surface area contributed by atoms with Crippen LogP contribution in [0.2, 0.25) is 0 Å². The summed E-state index contributed by atoms with van der Waals surface area (Å²) in [5.41, 5.74) is 1.82. The van der Waals surface area contributed by atoms with Gasteiger partial charge in [-0.3, -0.25) is 9.69 Å². The zero-order valence-corrected chi connectivity index (χ0v) is 15.7. The average molecular weight is 351 g/mol. The molecule has 0 bridgehead atoms. The van der Waals surface area contributed by atoms with E-state index in [1.165, 1.54) is 0 Å². The molecule has 0 amide bonds. The van der Waals surface area contributed by atoms with Crippen LogP contribution in [-0.4, -0.2) is 54.0 Å². The number of aliphatic hydroxyl groups is 1. The van der Waals surface area contributed by atoms with Crippen molar-refractivity contribution >= 4 is 5.97 Å². The molecule has 1 fully saturated rings. The van der Waals surface area contributed by atoms with E-state index in [-0.39, 0.29) is 5.41 Å². The van der Waals surface area contributed by atoms with Crippen molar-refractivity contribution < 1.29 is 24.5 Å². The number of nitrogens with zero attached hydrogens (tertiary/aromatic N) is 1. The van der Waals surface area contributed by atoms with Crippen LogP contribution in [-0.2, 0) is 16.8 Å². The van der Waals surface area contributed by atoms with Crippen molar-refractivity contribution in [3.05, 3.63) is 23.3 Å². The van der Waals surface area contributed by atoms with E-state index in [0.29, 0.717) is 31.0 Å². The molecule has 1 saturated heterocycles. The Kier molecular flexibility index (Phi) is 5.95. The molecule has 2 atom stereocenters. The van der Waals surface area contributed by atoms with E-state index >= 15 is 0 Å². The molecule has 2 rings (SSSR count). The van der Waals surface area contributed by atoms with Crippen LogP contribution in [0, 0.1) is 0 Å². The lowest BCUT2D eigenvalue weighted by Crippen LogP contribution is -2.52. The van der Waals surface area contributed by atoms with Gasteiger partial charge >= 0.3 is 5.97 Å². The van der Waals surface area contributed by atoms with Crippen LogP contribution in [0.4, 0.5) is 0 Å². The van der Waals surface area contributed by atoms with Crippen molar-refractivity contribution in [1.82, 2.24) is 4.90 Å². The van der Waals surface area contributed by atoms with Gasteiger partial charge in [0.15, 0.2) is 0 Å². The Balaban J connectivity index is 2.42. The summed E-state index contributed by atoms with van der Waals surface area (Å²) in [6.45, 7) is 7.30. The quantitative estimate of drug-likeness (QED) is 0.848. The van der Waals surface area contributed by atoms with Crippen LogP contribution < -0.4 is 9.47 Å². The van der Waals surface area contributed by atoms with Gasteiger partial charge in [-0.2, -0.15) is 0 Å². The molecule has 6 nitrogen and oxygen atoms in total. The van der Waals surface area contributed by atoms with Gasteiger partial charge in [0.05, 0.1) is 25.9 Å². The zero-order chi connectivity index (χ0) is 18.8. The average Bonchev–Trinajstić information content (AvgIpc) is 2.53. The molecule has 1 aliphatic rings. The third-order valence-corrected chi connectivity index (χ3v) is 4.79. The van der Waals surface area contributed by atoms with Crippen molar-refractivity contribution in [2.24, 2.45) is 0 Å². The fraction of sp³-hybridized carbons (Fsp3) is 0.632. The van der Waals surface area contributed by atoms with Crippen LogP contribution in [0.5, 0.6) is 11.5 Å². The second kappa shape index (κ2) is 7.62. The van der Waals surface area contributed by atoms with E-state index in [9.17, 15) is 15.0 Å². The topological polar surface area (TPSA) is 79.2 Å². The van der Waals surface area contributed by atoms with E-state index in [0.717, 1.165) is 17.5 Å². The number of hydrogen-bond donors (Lipinski definition) is 2. The molecule has 6 heteroatoms. The molecule has 2 N–H and O–H groups in total. The second-order valence-electron chi connectivity index (χ2n) is 7.57. The highest BCUT2D eigenvalue weighted by atomic mass is 16.5. The van der Waals surface area contributed by atoms with E-state index in [1.807, 2.05) is 12.1 Å². The van der Waals surface area contributed by atoms with Gasteiger partial charge in [0, 0.05) is 6.54 Å². The number of methoxy groups -OCH3 is 2. The van der Waals surface area contributed by atoms with E-state index in [1.54, 1.807) is 19.1 Å². The van der Waals surface area contributed by atoms with Gasteiger partial charge in [0.1, 0.15) is 17.5 Å². The lowest BCUT2D eigenvalue weighted by molar-refractivity contribution is -0.150. The molecule has 0 radical (unpaired) electrons. The van der Waals surface area contributed by atoms with Gasteiger partial charge < -0.3 is 19.7 Å². The van der Waals surface area contributed by atoms with Crippen LogP contribution in [0.15, 0.2) is 12.1 Å². The Labute approximate surface area is 149 Å². The zero-order valence-electron chi connectivity index (χ0n) is 15.7. The summed E-state index contributed by atoms with van der Waals surface area (Å²) in [5.74, 6) is 0.346. The van der Waals surface area contributed by atoms with Crippen LogP contribution >= 0.6 is 0 Å². The van der Waals surface area contributed by atoms with Crippen molar-refractivity contribution in [2.75, 3.05) is 20.8 Å². The SMILES string of the molecule is COc1cc(C(C)(C)C)cc(OC)c1CN1CCCC(O)C1C(=O)O. The van der Waals surface area contributed by atoms with Crippen molar-refractivity contribution in [3.63, 3.8) is 0 Å². The number of aliphatic carboxylic acids is 1. The van der Waals surface area contributed by atoms with Crippen LogP contribution in [0.1, 0.15) is 44.7 Å². The maximum atomic E-state index is 11.6. The minimum Gasteiger partial charge on any atom is -0.496 e. The largest absolute Gasteiger partial charge is 0.496 e. The number of likely N-dealkylation sites (tertiary alicyclic amines) is 1. The highest BCUT2D eigenvalue weighted by molar-refractivity contribution is 5.74. The number of hydrogen-bond acceptors (Lipinski definition) is 5. The third-order valence-electron chi connectivity index (χ3n) is 4.79. The molecule has 25 heavy (non-hydrogen) atoms. The summed E-state index contributed by atoms with van der Waals surface area (Å²) >= 11 is 0. The third kappa shape index (κ3) is 4.25. The number of carboxylic acid groups (broad SMARTS) is 1. The molecule has 0 spiro atoms. The van der Waals surface area contributed by atoms with Crippen molar-refractivity contribution in [1.29, 1.82) is 0 Å². The van der Waals surface area contributed by atoms with Gasteiger partial charge in [0.25, 0.3) is 0 Å². The summed E-state index contributed by atoms with van der Waals surface area (Å²) in [5, 5.41) is 19.6. The monoisotopic (exact) mass is 351 g/mol. The first-order valence-corrected chi connectivity index (χ1v) is 8.59. The van der Waals surface area contributed by atoms with Gasteiger partial charge in [-0.25, -0.2) is 0 Å². The number of rotatable bonds is 5. The van der Waals surface area contributed by atoms with E-state index < -0.39 is 18.1 Å². The molecule has 1 aromatic carbocycles. The molecule has 0 saturated carbocycles. The van der Waals surface area contributed by atoms with Crippen LogP contribution in [0.3, 0.4) is 0 Å². The number of aliphatic hydroxyl groups excluding tert-OH is 1. The van der Waals surface area contributed by atoms with Crippen molar-refractivity contribution in [2.45, 2.75) is 57.7 Å². The van der Waals surface area contributed by atoms with Gasteiger partial charge in [-0.15, -0.1) is 0 Å². The predicted molar refractivity (Wildman–Crippen MR) is 95.3 cm³/mol. The summed E-state index contributed by atoms with van der Waals surface area (Å²) < 4.78 is 11.1. The fourth-order valence-corrected chi connectivity index (χ4v) is 3.32. The van der Waals surface area contributed by atoms with Gasteiger partial charge in [-0.05, 0) is 42.5 Å². The lowest BCUT2D eigenvalue weighted by atomic mass is 9.86. The maximum absolute atomic E-state index is 11.6. The molecule has 1 aromatic rings. The number of piperidine rings is 1. The summed E-state index contributed by atoms with van der Waals surface area (Å²) in [4.78, 5) is 13.4. The molecule has 0 aliphatic carbocycles. The molecule has 1 aliphatic heterocycles. The molecular formula is C19H29NO5. The summed E-state index contributed by atoms with van der Waals surface area (Å²) in [7, 11) is 3.20. The second-order valence-corrected chi connectivity index (χ2v) is 7.57. The number of carboxylic acids is 1. The Bertz CT molecular complexity index is 598. The fourth-order valence-electron chi connectivity index (χ4n) is 3.32. The number of ether oxygens (including phenoxy) is 2. The Hall–Kier alpha value is -1.79. The van der Waals surface area contributed by atoms with E-state index in [4.69, 9.17) is 9.47 Å². The maximum Gasteiger partial charge on any atom is 0.323 e. The highest BCUT2D eigenvalue weighted by Crippen LogP contribution is 2.37. The number of benzene rings is 1. The van der Waals surface area contributed by atoms with E-state index in [2.05, 4.69) is 20.8 Å². The first-order valence-electron chi connectivity index (χ1n) is 8.59. The Morgan fingerprint density at radius 2 is 1.80 bits per heavy atom. The first kappa shape index (κ1) is 19.5. The molecule has 1 heterocycles. The minimum atomic E-state index is -1.00. The normalized spacial score (nSPS) is 21.8. The van der Waals surface area contributed by atoms with Crippen LogP contribution in [0.25, 0.3) is 0 Å². The molecular weight excluding hydrogens is 322 g/mol. The predicted octanol–water partition coefficient (Wildman–Crippen LogP) is 2.41. The highest BCUT2D eigenvalue weighted by Gasteiger charge is 2.36.